The van der Waals surface area contributed by atoms with E-state index in [-0.39, 0.29) is 0 Å². The van der Waals surface area contributed by atoms with Crippen LogP contribution in [0.5, 0.6) is 11.5 Å². The fourth-order valence-corrected chi connectivity index (χ4v) is 2.22. The van der Waals surface area contributed by atoms with Crippen molar-refractivity contribution in [3.8, 4) is 11.5 Å². The normalized spacial score (nSPS) is 12.2. The molecule has 0 aromatic heterocycles. The minimum absolute atomic E-state index is 0.376. The fourth-order valence-electron chi connectivity index (χ4n) is 2.22. The Morgan fingerprint density at radius 2 is 1.62 bits per heavy atom. The Bertz CT molecular complexity index is 575. The molecule has 0 amide bonds. The van der Waals surface area contributed by atoms with E-state index in [0.717, 1.165) is 24.5 Å². The zero-order chi connectivity index (χ0) is 15.2. The van der Waals surface area contributed by atoms with E-state index < -0.39 is 0 Å². The van der Waals surface area contributed by atoms with Gasteiger partial charge in [0, 0.05) is 6.04 Å². The van der Waals surface area contributed by atoms with Gasteiger partial charge in [0.2, 0.25) is 0 Å². The number of hydrogen-bond acceptors (Lipinski definition) is 2. The highest BCUT2D eigenvalue weighted by molar-refractivity contribution is 5.38. The Balaban J connectivity index is 2.03. The molecule has 0 bridgehead atoms. The number of ether oxygens (including phenoxy) is 1. The molecule has 0 heterocycles. The molecular formula is C19H25NO. The summed E-state index contributed by atoms with van der Waals surface area (Å²) >= 11 is 0. The zero-order valence-corrected chi connectivity index (χ0v) is 13.4. The average Bonchev–Trinajstić information content (AvgIpc) is 2.49. The van der Waals surface area contributed by atoms with Crippen LogP contribution < -0.4 is 10.1 Å². The van der Waals surface area contributed by atoms with Crippen molar-refractivity contribution in [1.29, 1.82) is 0 Å². The summed E-state index contributed by atoms with van der Waals surface area (Å²) in [5.74, 6) is 1.77. The van der Waals surface area contributed by atoms with Gasteiger partial charge in [-0.2, -0.15) is 0 Å². The van der Waals surface area contributed by atoms with Crippen molar-refractivity contribution in [2.75, 3.05) is 6.54 Å². The van der Waals surface area contributed by atoms with Crippen LogP contribution in [0.25, 0.3) is 0 Å². The molecule has 0 aliphatic rings. The minimum Gasteiger partial charge on any atom is -0.457 e. The molecule has 112 valence electrons. The van der Waals surface area contributed by atoms with Gasteiger partial charge in [-0.3, -0.25) is 0 Å². The summed E-state index contributed by atoms with van der Waals surface area (Å²) in [5.41, 5.74) is 3.82. The van der Waals surface area contributed by atoms with Crippen LogP contribution in [0, 0.1) is 13.8 Å². The monoisotopic (exact) mass is 283 g/mol. The van der Waals surface area contributed by atoms with E-state index >= 15 is 0 Å². The molecule has 2 heteroatoms. The van der Waals surface area contributed by atoms with Crippen molar-refractivity contribution in [3.05, 3.63) is 59.2 Å². The number of benzene rings is 2. The smallest absolute Gasteiger partial charge is 0.127 e. The van der Waals surface area contributed by atoms with Gasteiger partial charge in [-0.15, -0.1) is 0 Å². The van der Waals surface area contributed by atoms with Crippen LogP contribution in [0.15, 0.2) is 42.5 Å². The van der Waals surface area contributed by atoms with E-state index in [9.17, 15) is 0 Å². The molecule has 2 rings (SSSR count). The lowest BCUT2D eigenvalue weighted by molar-refractivity contribution is 0.481. The van der Waals surface area contributed by atoms with E-state index in [0.29, 0.717) is 6.04 Å². The lowest BCUT2D eigenvalue weighted by Crippen LogP contribution is -2.19. The lowest BCUT2D eigenvalue weighted by Gasteiger charge is -2.14. The highest BCUT2D eigenvalue weighted by Crippen LogP contribution is 2.25. The summed E-state index contributed by atoms with van der Waals surface area (Å²) in [6.07, 6.45) is 1.15. The highest BCUT2D eigenvalue weighted by atomic mass is 16.5. The van der Waals surface area contributed by atoms with Gasteiger partial charge in [0.25, 0.3) is 0 Å². The molecule has 2 aromatic carbocycles. The van der Waals surface area contributed by atoms with Crippen LogP contribution in [0.4, 0.5) is 0 Å². The first-order valence-corrected chi connectivity index (χ1v) is 7.68. The average molecular weight is 283 g/mol. The number of rotatable bonds is 6. The first-order chi connectivity index (χ1) is 10.1. The number of hydrogen-bond donors (Lipinski definition) is 1. The molecule has 21 heavy (non-hydrogen) atoms. The first-order valence-electron chi connectivity index (χ1n) is 7.68. The SMILES string of the molecule is CCCNC(C)c1ccc(Oc2ccc(C)c(C)c2)cc1. The van der Waals surface area contributed by atoms with Crippen LogP contribution in [-0.4, -0.2) is 6.54 Å². The topological polar surface area (TPSA) is 21.3 Å². The Labute approximate surface area is 128 Å². The summed E-state index contributed by atoms with van der Waals surface area (Å²) in [4.78, 5) is 0. The molecule has 0 saturated heterocycles. The van der Waals surface area contributed by atoms with Crippen LogP contribution in [-0.2, 0) is 0 Å². The number of nitrogens with one attached hydrogen (secondary N) is 1. The van der Waals surface area contributed by atoms with Gasteiger partial charge < -0.3 is 10.1 Å². The molecule has 2 aromatic rings. The third-order valence-corrected chi connectivity index (χ3v) is 3.79. The van der Waals surface area contributed by atoms with E-state index in [1.54, 1.807) is 0 Å². The molecule has 1 atom stereocenters. The van der Waals surface area contributed by atoms with Crippen molar-refractivity contribution in [2.24, 2.45) is 0 Å². The third-order valence-electron chi connectivity index (χ3n) is 3.79. The second kappa shape index (κ2) is 7.28. The van der Waals surface area contributed by atoms with Crippen LogP contribution in [0.3, 0.4) is 0 Å². The van der Waals surface area contributed by atoms with Gasteiger partial charge in [0.05, 0.1) is 0 Å². The molecule has 0 radical (unpaired) electrons. The quantitative estimate of drug-likeness (QED) is 0.791. The van der Waals surface area contributed by atoms with Crippen LogP contribution >= 0.6 is 0 Å². The molecule has 1 unspecified atom stereocenters. The maximum Gasteiger partial charge on any atom is 0.127 e. The van der Waals surface area contributed by atoms with Crippen molar-refractivity contribution < 1.29 is 4.74 Å². The standard InChI is InChI=1S/C19H25NO/c1-5-12-20-16(4)17-7-10-18(11-8-17)21-19-9-6-14(2)15(3)13-19/h6-11,13,16,20H,5,12H2,1-4H3. The molecule has 0 aliphatic heterocycles. The predicted molar refractivity (Wildman–Crippen MR) is 89.1 cm³/mol. The van der Waals surface area contributed by atoms with Gasteiger partial charge in [-0.05, 0) is 74.7 Å². The predicted octanol–water partition coefficient (Wildman–Crippen LogP) is 5.16. The van der Waals surface area contributed by atoms with Gasteiger partial charge >= 0.3 is 0 Å². The molecule has 0 spiro atoms. The molecule has 1 N–H and O–H groups in total. The van der Waals surface area contributed by atoms with E-state index in [4.69, 9.17) is 4.74 Å². The largest absolute Gasteiger partial charge is 0.457 e. The zero-order valence-electron chi connectivity index (χ0n) is 13.4. The Kier molecular flexibility index (Phi) is 5.40. The maximum absolute atomic E-state index is 5.91. The van der Waals surface area contributed by atoms with Gasteiger partial charge in [0.15, 0.2) is 0 Å². The fraction of sp³-hybridized carbons (Fsp3) is 0.368. The first kappa shape index (κ1) is 15.6. The van der Waals surface area contributed by atoms with Gasteiger partial charge in [-0.25, -0.2) is 0 Å². The maximum atomic E-state index is 5.91. The van der Waals surface area contributed by atoms with E-state index in [1.165, 1.54) is 16.7 Å². The molecule has 0 fully saturated rings. The summed E-state index contributed by atoms with van der Waals surface area (Å²) in [5, 5.41) is 3.49. The molecule has 0 aliphatic carbocycles. The lowest BCUT2D eigenvalue weighted by atomic mass is 10.1. The van der Waals surface area contributed by atoms with Crippen LogP contribution in [0.1, 0.15) is 43.0 Å². The Morgan fingerprint density at radius 1 is 0.952 bits per heavy atom. The second-order valence-electron chi connectivity index (χ2n) is 5.59. The van der Waals surface area contributed by atoms with E-state index in [2.05, 4.69) is 57.3 Å². The summed E-state index contributed by atoms with van der Waals surface area (Å²) in [7, 11) is 0. The van der Waals surface area contributed by atoms with Crippen molar-refractivity contribution >= 4 is 0 Å². The van der Waals surface area contributed by atoms with Crippen LogP contribution in [0.2, 0.25) is 0 Å². The second-order valence-corrected chi connectivity index (χ2v) is 5.59. The Hall–Kier alpha value is -1.80. The highest BCUT2D eigenvalue weighted by Gasteiger charge is 2.05. The minimum atomic E-state index is 0.376. The molecular weight excluding hydrogens is 258 g/mol. The third kappa shape index (κ3) is 4.33. The van der Waals surface area contributed by atoms with Gasteiger partial charge in [0.1, 0.15) is 11.5 Å². The van der Waals surface area contributed by atoms with Crippen molar-refractivity contribution in [3.63, 3.8) is 0 Å². The Morgan fingerprint density at radius 3 is 2.24 bits per heavy atom. The van der Waals surface area contributed by atoms with Crippen molar-refractivity contribution in [2.45, 2.75) is 40.2 Å². The number of aryl methyl sites for hydroxylation is 2. The van der Waals surface area contributed by atoms with Gasteiger partial charge in [-0.1, -0.05) is 25.1 Å². The summed E-state index contributed by atoms with van der Waals surface area (Å²) in [6, 6.07) is 14.9. The summed E-state index contributed by atoms with van der Waals surface area (Å²) < 4.78 is 5.91. The van der Waals surface area contributed by atoms with E-state index in [1.807, 2.05) is 18.2 Å². The molecule has 0 saturated carbocycles. The summed E-state index contributed by atoms with van der Waals surface area (Å²) in [6.45, 7) is 9.63. The molecule has 2 nitrogen and oxygen atoms in total. The van der Waals surface area contributed by atoms with Crippen molar-refractivity contribution in [1.82, 2.24) is 5.32 Å².